The van der Waals surface area contributed by atoms with Gasteiger partial charge >= 0.3 is 0 Å². The maximum absolute atomic E-state index is 4.50. The van der Waals surface area contributed by atoms with Crippen molar-refractivity contribution in [2.24, 2.45) is 10.9 Å². The van der Waals surface area contributed by atoms with Crippen molar-refractivity contribution in [3.63, 3.8) is 0 Å². The molecule has 3 N–H and O–H groups in total. The molecule has 0 aromatic carbocycles. The van der Waals surface area contributed by atoms with Crippen molar-refractivity contribution in [1.82, 2.24) is 16.0 Å². The molecule has 1 saturated heterocycles. The second-order valence-corrected chi connectivity index (χ2v) is 5.86. The fraction of sp³-hybridized carbons (Fsp3) is 0.706. The highest BCUT2D eigenvalue weighted by Gasteiger charge is 2.12. The van der Waals surface area contributed by atoms with Gasteiger partial charge in [0.15, 0.2) is 0 Å². The molecule has 0 amide bonds. The second-order valence-electron chi connectivity index (χ2n) is 5.86. The Morgan fingerprint density at radius 1 is 1.33 bits per heavy atom. The zero-order chi connectivity index (χ0) is 15.5. The fourth-order valence-electron chi connectivity index (χ4n) is 2.27. The number of piperidine rings is 1. The summed E-state index contributed by atoms with van der Waals surface area (Å²) in [6.07, 6.45) is 9.69. The fourth-order valence-corrected chi connectivity index (χ4v) is 2.27. The van der Waals surface area contributed by atoms with Crippen LogP contribution in [-0.4, -0.2) is 31.9 Å². The van der Waals surface area contributed by atoms with Gasteiger partial charge in [-0.05, 0) is 51.3 Å². The number of hydrogen-bond donors (Lipinski definition) is 3. The number of rotatable bonds is 8. The van der Waals surface area contributed by atoms with Crippen molar-refractivity contribution in [2.45, 2.75) is 53.0 Å². The minimum Gasteiger partial charge on any atom is -0.343 e. The molecule has 0 aromatic rings. The van der Waals surface area contributed by atoms with Crippen LogP contribution in [0.15, 0.2) is 28.7 Å². The van der Waals surface area contributed by atoms with E-state index < -0.39 is 0 Å². The Bertz CT molecular complexity index is 363. The van der Waals surface area contributed by atoms with Crippen LogP contribution in [0.25, 0.3) is 0 Å². The van der Waals surface area contributed by atoms with E-state index in [1.807, 2.05) is 19.2 Å². The number of aliphatic imine (C=N–C) groups is 1. The van der Waals surface area contributed by atoms with Gasteiger partial charge in [-0.2, -0.15) is 0 Å². The summed E-state index contributed by atoms with van der Waals surface area (Å²) in [7, 11) is 0. The normalized spacial score (nSPS) is 18.7. The van der Waals surface area contributed by atoms with Crippen molar-refractivity contribution in [3.8, 4) is 0 Å². The number of allylic oxidation sites excluding steroid dienone is 2. The Balaban J connectivity index is 2.50. The van der Waals surface area contributed by atoms with E-state index in [-0.39, 0.29) is 0 Å². The third kappa shape index (κ3) is 8.02. The minimum absolute atomic E-state index is 0.466. The highest BCUT2D eigenvalue weighted by atomic mass is 15.1. The lowest BCUT2D eigenvalue weighted by Crippen LogP contribution is -2.41. The van der Waals surface area contributed by atoms with Gasteiger partial charge in [0.2, 0.25) is 0 Å². The Hall–Kier alpha value is -1.13. The molecule has 120 valence electrons. The van der Waals surface area contributed by atoms with Gasteiger partial charge in [0.25, 0.3) is 0 Å². The molecule has 0 bridgehead atoms. The highest BCUT2D eigenvalue weighted by molar-refractivity contribution is 5.61. The molecule has 0 unspecified atom stereocenters. The van der Waals surface area contributed by atoms with Crippen LogP contribution in [-0.2, 0) is 0 Å². The van der Waals surface area contributed by atoms with E-state index in [9.17, 15) is 0 Å². The van der Waals surface area contributed by atoms with Gasteiger partial charge in [0.1, 0.15) is 5.82 Å². The van der Waals surface area contributed by atoms with Crippen molar-refractivity contribution in [3.05, 3.63) is 23.7 Å². The zero-order valence-electron chi connectivity index (χ0n) is 14.1. The Morgan fingerprint density at radius 3 is 2.62 bits per heavy atom. The summed E-state index contributed by atoms with van der Waals surface area (Å²) in [6.45, 7) is 11.6. The van der Waals surface area contributed by atoms with E-state index in [4.69, 9.17) is 0 Å². The molecule has 0 aliphatic carbocycles. The summed E-state index contributed by atoms with van der Waals surface area (Å²) in [5, 5.41) is 10.5. The lowest BCUT2D eigenvalue weighted by Gasteiger charge is -2.24. The summed E-state index contributed by atoms with van der Waals surface area (Å²) in [5.74, 6) is 1.39. The monoisotopic (exact) mass is 292 g/mol. The summed E-state index contributed by atoms with van der Waals surface area (Å²) < 4.78 is 0. The average molecular weight is 292 g/mol. The van der Waals surface area contributed by atoms with E-state index in [1.165, 1.54) is 18.5 Å². The number of nitrogens with zero attached hydrogens (tertiary/aromatic N) is 1. The van der Waals surface area contributed by atoms with Crippen molar-refractivity contribution >= 4 is 6.21 Å². The zero-order valence-corrected chi connectivity index (χ0v) is 14.1. The van der Waals surface area contributed by atoms with E-state index >= 15 is 0 Å². The van der Waals surface area contributed by atoms with E-state index in [1.54, 1.807) is 0 Å². The summed E-state index contributed by atoms with van der Waals surface area (Å²) in [4.78, 5) is 4.50. The van der Waals surface area contributed by atoms with Crippen LogP contribution in [0.5, 0.6) is 0 Å². The van der Waals surface area contributed by atoms with Crippen molar-refractivity contribution in [2.75, 3.05) is 19.6 Å². The van der Waals surface area contributed by atoms with Crippen LogP contribution in [0.2, 0.25) is 0 Å². The molecule has 0 saturated carbocycles. The van der Waals surface area contributed by atoms with Crippen LogP contribution in [0.1, 0.15) is 47.0 Å². The van der Waals surface area contributed by atoms with Crippen LogP contribution in [0.3, 0.4) is 0 Å². The van der Waals surface area contributed by atoms with E-state index in [0.29, 0.717) is 12.0 Å². The first kappa shape index (κ1) is 17.9. The maximum atomic E-state index is 4.50. The van der Waals surface area contributed by atoms with Crippen LogP contribution < -0.4 is 16.0 Å². The third-order valence-corrected chi connectivity index (χ3v) is 3.44. The summed E-state index contributed by atoms with van der Waals surface area (Å²) in [6, 6.07) is 0.626. The predicted octanol–water partition coefficient (Wildman–Crippen LogP) is 2.80. The molecule has 0 radical (unpaired) electrons. The highest BCUT2D eigenvalue weighted by Crippen LogP contribution is 2.04. The standard InChI is InChI=1S/C17H32N4/c1-5-7-16(13-19-15-8-10-18-11-9-15)21-17(6-2)20-12-14(3)4/h6-7,12,14-15,18-19,21H,5,8-11,13H2,1-4H3/b16-7+,17-6+,20-12-. The van der Waals surface area contributed by atoms with Gasteiger partial charge in [0, 0.05) is 24.5 Å². The van der Waals surface area contributed by atoms with Gasteiger partial charge in [-0.1, -0.05) is 26.8 Å². The van der Waals surface area contributed by atoms with Crippen LogP contribution >= 0.6 is 0 Å². The van der Waals surface area contributed by atoms with Gasteiger partial charge in [-0.25, -0.2) is 4.99 Å². The molecule has 1 heterocycles. The lowest BCUT2D eigenvalue weighted by molar-refractivity contribution is 0.395. The molecular weight excluding hydrogens is 260 g/mol. The van der Waals surface area contributed by atoms with Gasteiger partial charge in [0.05, 0.1) is 0 Å². The maximum Gasteiger partial charge on any atom is 0.125 e. The van der Waals surface area contributed by atoms with E-state index in [0.717, 1.165) is 31.9 Å². The Morgan fingerprint density at radius 2 is 2.05 bits per heavy atom. The summed E-state index contributed by atoms with van der Waals surface area (Å²) >= 11 is 0. The first-order valence-electron chi connectivity index (χ1n) is 8.26. The SMILES string of the molecule is C/C=C(\N=C/C(C)C)N/C(=C/CC)CNC1CCNCC1. The lowest BCUT2D eigenvalue weighted by atomic mass is 10.1. The van der Waals surface area contributed by atoms with Crippen LogP contribution in [0, 0.1) is 5.92 Å². The predicted molar refractivity (Wildman–Crippen MR) is 92.5 cm³/mol. The minimum atomic E-state index is 0.466. The largest absolute Gasteiger partial charge is 0.343 e. The Labute approximate surface area is 130 Å². The first-order valence-corrected chi connectivity index (χ1v) is 8.26. The summed E-state index contributed by atoms with van der Waals surface area (Å²) in [5.41, 5.74) is 1.21. The third-order valence-electron chi connectivity index (χ3n) is 3.44. The molecule has 0 aromatic heterocycles. The molecular formula is C17H32N4. The molecule has 1 aliphatic heterocycles. The average Bonchev–Trinajstić information content (AvgIpc) is 2.49. The van der Waals surface area contributed by atoms with Gasteiger partial charge < -0.3 is 16.0 Å². The molecule has 0 spiro atoms. The molecule has 4 heteroatoms. The molecule has 1 rings (SSSR count). The number of hydrogen-bond acceptors (Lipinski definition) is 4. The van der Waals surface area contributed by atoms with Gasteiger partial charge in [-0.3, -0.25) is 0 Å². The quantitative estimate of drug-likeness (QED) is 0.603. The Kier molecular flexibility index (Phi) is 9.02. The molecule has 1 aliphatic rings. The molecule has 4 nitrogen and oxygen atoms in total. The topological polar surface area (TPSA) is 48.5 Å². The number of nitrogens with one attached hydrogen (secondary N) is 3. The molecule has 1 fully saturated rings. The first-order chi connectivity index (χ1) is 10.2. The van der Waals surface area contributed by atoms with E-state index in [2.05, 4.69) is 47.8 Å². The van der Waals surface area contributed by atoms with Gasteiger partial charge in [-0.15, -0.1) is 0 Å². The van der Waals surface area contributed by atoms with Crippen molar-refractivity contribution in [1.29, 1.82) is 0 Å². The molecule has 0 atom stereocenters. The molecule has 21 heavy (non-hydrogen) atoms. The van der Waals surface area contributed by atoms with Crippen LogP contribution in [0.4, 0.5) is 0 Å². The second kappa shape index (κ2) is 10.6. The smallest absolute Gasteiger partial charge is 0.125 e. The van der Waals surface area contributed by atoms with Crippen molar-refractivity contribution < 1.29 is 0 Å².